The predicted molar refractivity (Wildman–Crippen MR) is 231 cm³/mol. The summed E-state index contributed by atoms with van der Waals surface area (Å²) in [5, 5.41) is 14.6. The number of nitrogens with one attached hydrogen (secondary N) is 2. The molecule has 0 bridgehead atoms. The number of aromatic nitrogens is 2. The summed E-state index contributed by atoms with van der Waals surface area (Å²) < 4.78 is 3.77. The van der Waals surface area contributed by atoms with Crippen molar-refractivity contribution < 1.29 is 24.3 Å². The van der Waals surface area contributed by atoms with Gasteiger partial charge in [-0.2, -0.15) is 0 Å². The summed E-state index contributed by atoms with van der Waals surface area (Å²) in [4.78, 5) is 76.3. The van der Waals surface area contributed by atoms with Crippen LogP contribution in [0.15, 0.2) is 21.7 Å². The van der Waals surface area contributed by atoms with Crippen LogP contribution in [0, 0.1) is 11.8 Å². The summed E-state index contributed by atoms with van der Waals surface area (Å²) in [5.41, 5.74) is 7.13. The van der Waals surface area contributed by atoms with Crippen LogP contribution in [0.25, 0.3) is 0 Å². The Morgan fingerprint density at radius 1 is 0.593 bits per heavy atom. The van der Waals surface area contributed by atoms with Crippen LogP contribution in [-0.2, 0) is 48.4 Å². The molecule has 12 nitrogen and oxygen atoms in total. The highest BCUT2D eigenvalue weighted by Gasteiger charge is 2.33. The number of pyridine rings is 2. The van der Waals surface area contributed by atoms with E-state index < -0.39 is 28.9 Å². The second-order valence-corrected chi connectivity index (χ2v) is 18.8. The van der Waals surface area contributed by atoms with Crippen molar-refractivity contribution in [2.45, 2.75) is 193 Å². The van der Waals surface area contributed by atoms with Gasteiger partial charge in [-0.25, -0.2) is 4.79 Å². The quantitative estimate of drug-likeness (QED) is 0.191. The van der Waals surface area contributed by atoms with Crippen LogP contribution in [0.2, 0.25) is 0 Å². The van der Waals surface area contributed by atoms with Gasteiger partial charge in [-0.05, 0) is 140 Å². The van der Waals surface area contributed by atoms with Crippen molar-refractivity contribution in [1.82, 2.24) is 19.8 Å². The number of ketones is 1. The zero-order valence-electron chi connectivity index (χ0n) is 36.4. The number of Topliss-reactive ketones (excluding diaryl/α,β-unsaturated/α-hetero) is 1. The van der Waals surface area contributed by atoms with Crippen LogP contribution in [0.3, 0.4) is 0 Å². The average Bonchev–Trinajstić information content (AvgIpc) is 3.18. The molecule has 2 amide bonds. The van der Waals surface area contributed by atoms with E-state index in [-0.39, 0.29) is 34.6 Å². The number of aryl methyl sites for hydroxylation is 2. The van der Waals surface area contributed by atoms with Crippen molar-refractivity contribution in [2.24, 2.45) is 17.6 Å². The van der Waals surface area contributed by atoms with Crippen LogP contribution in [0.4, 0.5) is 0 Å². The fourth-order valence-corrected chi connectivity index (χ4v) is 9.52. The first kappa shape index (κ1) is 46.0. The van der Waals surface area contributed by atoms with Gasteiger partial charge in [0, 0.05) is 24.5 Å². The lowest BCUT2D eigenvalue weighted by Crippen LogP contribution is -2.53. The predicted octanol–water partition coefficient (Wildman–Crippen LogP) is 6.80. The van der Waals surface area contributed by atoms with Gasteiger partial charge in [-0.15, -0.1) is 0 Å². The maximum atomic E-state index is 13.5. The molecule has 0 unspecified atom stereocenters. The fraction of sp³-hybridized carbons (Fsp3) is 0.702. The molecule has 0 aromatic carbocycles. The number of rotatable bonds is 11. The summed E-state index contributed by atoms with van der Waals surface area (Å²) in [5.74, 6) is -1.48. The first-order valence-electron chi connectivity index (χ1n) is 22.8. The molecule has 6 rings (SSSR count). The second-order valence-electron chi connectivity index (χ2n) is 18.8. The molecule has 0 spiro atoms. The number of hydrogen-bond acceptors (Lipinski definition) is 7. The van der Waals surface area contributed by atoms with E-state index in [1.165, 1.54) is 71.6 Å². The first-order valence-corrected chi connectivity index (χ1v) is 22.8. The number of aliphatic carboxylic acids is 1. The molecule has 2 aromatic heterocycles. The van der Waals surface area contributed by atoms with E-state index in [9.17, 15) is 33.9 Å². The molecule has 0 atom stereocenters. The molecule has 4 aliphatic carbocycles. The van der Waals surface area contributed by atoms with Crippen molar-refractivity contribution in [3.05, 3.63) is 66.5 Å². The van der Waals surface area contributed by atoms with Crippen molar-refractivity contribution >= 4 is 23.6 Å². The zero-order valence-corrected chi connectivity index (χ0v) is 36.4. The van der Waals surface area contributed by atoms with E-state index in [4.69, 9.17) is 5.73 Å². The van der Waals surface area contributed by atoms with Crippen LogP contribution >= 0.6 is 0 Å². The van der Waals surface area contributed by atoms with Gasteiger partial charge in [0.15, 0.2) is 5.78 Å². The number of nitrogens with zero attached hydrogens (tertiary/aromatic N) is 2. The third-order valence-electron chi connectivity index (χ3n) is 13.3. The van der Waals surface area contributed by atoms with E-state index in [2.05, 4.69) is 10.6 Å². The largest absolute Gasteiger partial charge is 0.480 e. The van der Waals surface area contributed by atoms with E-state index in [0.29, 0.717) is 24.9 Å². The van der Waals surface area contributed by atoms with E-state index in [1.807, 2.05) is 9.13 Å². The molecule has 2 fully saturated rings. The van der Waals surface area contributed by atoms with Crippen molar-refractivity contribution in [3.8, 4) is 0 Å². The molecule has 4 aliphatic rings. The van der Waals surface area contributed by atoms with Gasteiger partial charge >= 0.3 is 5.97 Å². The number of carboxylic acids is 1. The first-order chi connectivity index (χ1) is 28.1. The topological polar surface area (TPSA) is 183 Å². The highest BCUT2D eigenvalue weighted by atomic mass is 16.4. The summed E-state index contributed by atoms with van der Waals surface area (Å²) in [6.07, 6.45) is 24.4. The second kappa shape index (κ2) is 21.0. The van der Waals surface area contributed by atoms with Gasteiger partial charge in [-0.3, -0.25) is 24.0 Å². The van der Waals surface area contributed by atoms with Crippen LogP contribution < -0.4 is 27.5 Å². The number of carbonyl (C=O) groups is 4. The molecule has 0 saturated heterocycles. The maximum Gasteiger partial charge on any atom is 0.328 e. The van der Waals surface area contributed by atoms with Crippen LogP contribution in [0.1, 0.15) is 187 Å². The Kier molecular flexibility index (Phi) is 16.3. The van der Waals surface area contributed by atoms with Gasteiger partial charge in [0.25, 0.3) is 22.9 Å². The maximum absolute atomic E-state index is 13.5. The molecule has 2 saturated carbocycles. The molecule has 0 radical (unpaired) electrons. The molecule has 2 aromatic rings. The molecular weight excluding hydrogens is 747 g/mol. The monoisotopic (exact) mass is 818 g/mol. The number of carboxylic acid groups (broad SMARTS) is 1. The highest BCUT2D eigenvalue weighted by Crippen LogP contribution is 2.29. The number of amides is 2. The van der Waals surface area contributed by atoms with Gasteiger partial charge in [0.1, 0.15) is 16.7 Å². The molecular formula is C47H71N5O7. The Morgan fingerprint density at radius 2 is 0.949 bits per heavy atom. The van der Waals surface area contributed by atoms with Gasteiger partial charge in [0.05, 0.1) is 12.1 Å². The van der Waals surface area contributed by atoms with Gasteiger partial charge in [0.2, 0.25) is 0 Å². The number of fused-ring (bicyclic) bond motifs is 2. The Hall–Kier alpha value is -4.06. The van der Waals surface area contributed by atoms with E-state index in [1.54, 1.807) is 26.0 Å². The summed E-state index contributed by atoms with van der Waals surface area (Å²) in [6, 6.07) is 3.52. The van der Waals surface area contributed by atoms with E-state index >= 15 is 0 Å². The Bertz CT molecular complexity index is 1930. The standard InChI is InChI=1S/C24H37N3O3.C23H34N2O4/c1-24(2,21(28)15-25)26-22(29)19-14-18-12-8-3-4-9-13-20(18)27(23(19)30)16-17-10-6-5-7-11-17;1-23(2,22(28)29)24-20(26)18-14-17-12-8-3-4-9-13-19(17)25(21(18)27)15-16-10-6-5-7-11-16/h14,17H,3-13,15-16,25H2,1-2H3,(H,26,29);14,16H,3-13,15H2,1-2H3,(H,24,26)(H,28,29). The minimum absolute atomic E-state index is 0.0782. The molecule has 5 N–H and O–H groups in total. The summed E-state index contributed by atoms with van der Waals surface area (Å²) in [7, 11) is 0. The Labute approximate surface area is 350 Å². The lowest BCUT2D eigenvalue weighted by atomic mass is 9.88. The van der Waals surface area contributed by atoms with Crippen molar-refractivity contribution in [1.29, 1.82) is 0 Å². The summed E-state index contributed by atoms with van der Waals surface area (Å²) >= 11 is 0. The van der Waals surface area contributed by atoms with Crippen molar-refractivity contribution in [2.75, 3.05) is 6.54 Å². The molecule has 2 heterocycles. The lowest BCUT2D eigenvalue weighted by molar-refractivity contribution is -0.143. The Morgan fingerprint density at radius 3 is 1.32 bits per heavy atom. The summed E-state index contributed by atoms with van der Waals surface area (Å²) in [6.45, 7) is 7.35. The molecule has 59 heavy (non-hydrogen) atoms. The number of nitrogens with two attached hydrogens (primary N) is 1. The minimum Gasteiger partial charge on any atom is -0.480 e. The van der Waals surface area contributed by atoms with Gasteiger partial charge in [-0.1, -0.05) is 64.2 Å². The molecule has 326 valence electrons. The zero-order chi connectivity index (χ0) is 42.7. The van der Waals surface area contributed by atoms with Crippen LogP contribution in [0.5, 0.6) is 0 Å². The fourth-order valence-electron chi connectivity index (χ4n) is 9.52. The van der Waals surface area contributed by atoms with E-state index in [0.717, 1.165) is 106 Å². The minimum atomic E-state index is -1.43. The Balaban J connectivity index is 0.000000224. The molecule has 12 heteroatoms. The van der Waals surface area contributed by atoms with Crippen LogP contribution in [-0.4, -0.2) is 55.4 Å². The van der Waals surface area contributed by atoms with Crippen molar-refractivity contribution in [3.63, 3.8) is 0 Å². The normalized spacial score (nSPS) is 18.3. The average molecular weight is 818 g/mol. The number of carbonyl (C=O) groups excluding carboxylic acids is 3. The van der Waals surface area contributed by atoms with Gasteiger partial charge < -0.3 is 30.6 Å². The third-order valence-corrected chi connectivity index (χ3v) is 13.3. The number of hydrogen-bond donors (Lipinski definition) is 4. The lowest BCUT2D eigenvalue weighted by Gasteiger charge is -2.28. The smallest absolute Gasteiger partial charge is 0.328 e. The third kappa shape index (κ3) is 12.0. The highest BCUT2D eigenvalue weighted by molar-refractivity contribution is 6.00. The molecule has 0 aliphatic heterocycles. The SMILES string of the molecule is CC(C)(NC(=O)c1cc2c(n(CC3CCCCC3)c1=O)CCCCCC2)C(=O)CN.CC(C)(NC(=O)c1cc2c(n(CC3CCCCC3)c1=O)CCCCCC2)C(=O)O.